The summed E-state index contributed by atoms with van der Waals surface area (Å²) in [5.41, 5.74) is 1.40. The Labute approximate surface area is 858 Å². The van der Waals surface area contributed by atoms with Gasteiger partial charge in [-0.25, -0.2) is 4.68 Å². The number of ether oxygens (including phenoxy) is 37. The molecule has 0 aliphatic heterocycles. The van der Waals surface area contributed by atoms with Gasteiger partial charge in [-0.2, -0.15) is 0 Å². The average molecular weight is 2410 g/mol. The largest absolute Gasteiger partial charge is 0.485 e. The molecule has 42 nitrogen and oxygen atoms in total. The van der Waals surface area contributed by atoms with E-state index >= 15 is 0 Å². The Bertz CT molecular complexity index is 2940. The minimum absolute atomic E-state index is 0.0469. The molecule has 0 aliphatic rings. The molecular weight excluding hydrogens is 2250 g/mol. The predicted octanol–water partition coefficient (Wildman–Crippen LogP) is 6.69. The van der Waals surface area contributed by atoms with Gasteiger partial charge in [0.05, 0.1) is 489 Å². The summed E-state index contributed by atoms with van der Waals surface area (Å²) in [5.74, 6) is 1.17. The molecule has 0 radical (unpaired) electrons. The van der Waals surface area contributed by atoms with E-state index in [0.29, 0.717) is 480 Å². The van der Waals surface area contributed by atoms with E-state index in [1.807, 2.05) is 30.5 Å². The highest BCUT2D eigenvalue weighted by atomic mass is 127. The van der Waals surface area contributed by atoms with Crippen LogP contribution in [0.25, 0.3) is 0 Å². The van der Waals surface area contributed by atoms with Crippen molar-refractivity contribution in [2.45, 2.75) is 32.9 Å². The van der Waals surface area contributed by atoms with Crippen LogP contribution in [0.15, 0.2) is 30.5 Å². The Morgan fingerprint density at radius 2 is 0.419 bits per heavy atom. The lowest BCUT2D eigenvalue weighted by atomic mass is 10.1. The molecule has 0 unspecified atom stereocenters. The topological polar surface area (TPSA) is 410 Å². The van der Waals surface area contributed by atoms with E-state index in [1.54, 1.807) is 4.68 Å². The quantitative estimate of drug-likeness (QED) is 0.0454. The summed E-state index contributed by atoms with van der Waals surface area (Å²) >= 11 is 8.77. The highest BCUT2D eigenvalue weighted by Crippen LogP contribution is 2.38. The van der Waals surface area contributed by atoms with E-state index in [2.05, 4.69) is 108 Å². The third kappa shape index (κ3) is 88.6. The lowest BCUT2D eigenvalue weighted by molar-refractivity contribution is -0.136. The Morgan fingerprint density at radius 1 is 0.250 bits per heavy atom. The molecule has 1 aromatic heterocycles. The first kappa shape index (κ1) is 128. The molecule has 794 valence electrons. The monoisotopic (exact) mass is 2410 g/mol. The van der Waals surface area contributed by atoms with Crippen molar-refractivity contribution >= 4 is 96.3 Å². The zero-order valence-electron chi connectivity index (χ0n) is 80.0. The van der Waals surface area contributed by atoms with Gasteiger partial charge in [0.25, 0.3) is 0 Å². The van der Waals surface area contributed by atoms with E-state index in [9.17, 15) is 9.90 Å². The summed E-state index contributed by atoms with van der Waals surface area (Å²) in [6, 6.07) is 7.45. The van der Waals surface area contributed by atoms with Crippen LogP contribution in [-0.4, -0.2) is 489 Å². The van der Waals surface area contributed by atoms with Crippen molar-refractivity contribution in [2.75, 3.05) is 462 Å². The summed E-state index contributed by atoms with van der Waals surface area (Å²) in [7, 11) is 0. The van der Waals surface area contributed by atoms with E-state index in [-0.39, 0.29) is 13.0 Å². The number of halogens is 4. The number of aliphatic carboxylic acids is 1. The second-order valence-electron chi connectivity index (χ2n) is 28.0. The number of nitrogens with zero attached hydrogens (tertiary/aromatic N) is 3. The van der Waals surface area contributed by atoms with E-state index in [0.717, 1.165) is 38.6 Å². The minimum atomic E-state index is -0.878. The van der Waals surface area contributed by atoms with E-state index < -0.39 is 5.97 Å². The van der Waals surface area contributed by atoms with Gasteiger partial charge in [0.15, 0.2) is 5.75 Å². The summed E-state index contributed by atoms with van der Waals surface area (Å²) in [5, 5.41) is 17.6. The lowest BCUT2D eigenvalue weighted by Gasteiger charge is -2.15. The third-order valence-corrected chi connectivity index (χ3v) is 20.2. The van der Waals surface area contributed by atoms with Crippen molar-refractivity contribution in [1.29, 1.82) is 0 Å². The van der Waals surface area contributed by atoms with Crippen molar-refractivity contribution in [3.8, 4) is 17.2 Å². The molecule has 1 heterocycles. The molecule has 46 heteroatoms. The molecule has 0 saturated heterocycles. The first-order valence-electron chi connectivity index (χ1n) is 46.9. The average Bonchev–Trinajstić information content (AvgIpc) is 0.881. The van der Waals surface area contributed by atoms with Crippen LogP contribution >= 0.6 is 90.4 Å². The van der Waals surface area contributed by atoms with E-state index in [1.165, 1.54) is 0 Å². The normalized spacial score (nSPS) is 11.7. The van der Waals surface area contributed by atoms with Gasteiger partial charge in [-0.1, -0.05) is 12.1 Å². The molecule has 0 fully saturated rings. The van der Waals surface area contributed by atoms with Crippen LogP contribution in [-0.2, 0) is 190 Å². The highest BCUT2D eigenvalue weighted by molar-refractivity contribution is 14.1. The molecule has 3 rings (SSSR count). The number of rotatable bonds is 114. The van der Waals surface area contributed by atoms with Crippen LogP contribution < -0.4 is 9.47 Å². The van der Waals surface area contributed by atoms with Crippen LogP contribution in [0.2, 0.25) is 0 Å². The van der Waals surface area contributed by atoms with E-state index in [4.69, 9.17) is 175 Å². The van der Waals surface area contributed by atoms with Gasteiger partial charge >= 0.3 is 5.97 Å². The van der Waals surface area contributed by atoms with Crippen molar-refractivity contribution in [3.63, 3.8) is 0 Å². The molecule has 136 heavy (non-hydrogen) atoms. The molecule has 0 bridgehead atoms. The number of hydrogen-bond donors (Lipinski definition) is 1. The van der Waals surface area contributed by atoms with Gasteiger partial charge < -0.3 is 180 Å². The molecule has 1 N–H and O–H groups in total. The molecule has 0 aliphatic carbocycles. The molecule has 2 aromatic carbocycles. The fraction of sp³-hybridized carbons (Fsp3) is 0.833. The maximum Gasteiger partial charge on any atom is 0.307 e. The molecular formula is C90H157I4N3O39. The van der Waals surface area contributed by atoms with Gasteiger partial charge in [-0.05, 0) is 127 Å². The van der Waals surface area contributed by atoms with Gasteiger partial charge in [-0.15, -0.1) is 5.10 Å². The number of carbonyl (C=O) groups is 1. The lowest BCUT2D eigenvalue weighted by Crippen LogP contribution is -2.16. The number of benzene rings is 2. The van der Waals surface area contributed by atoms with Gasteiger partial charge in [-0.3, -0.25) is 4.79 Å². The molecule has 0 atom stereocenters. The maximum absolute atomic E-state index is 11.2. The highest BCUT2D eigenvalue weighted by Gasteiger charge is 2.17. The minimum Gasteiger partial charge on any atom is -0.485 e. The zero-order chi connectivity index (χ0) is 96.8. The fourth-order valence-corrected chi connectivity index (χ4v) is 14.5. The standard InChI is InChI=1S/C90H157I4N3O39/c1-2-4-100-6-8-102-10-12-104-14-16-106-18-20-108-22-24-110-26-28-112-30-32-114-34-36-116-38-40-118-42-44-120-46-48-122-50-52-124-54-56-126-58-60-128-62-64-130-66-68-132-70-72-134-73-71-133-69-67-131-65-63-129-61-59-127-57-55-125-53-51-123-49-47-121-45-43-119-41-39-117-37-35-115-33-31-113-29-27-111-25-23-109-21-19-107-17-15-105-13-11-103-9-7-101-5-3-97-79-82(95-96-97)80-135-89-86(93)77-83(78-87(89)94)136-90-84(91)74-81(75-85(90)92)76-88(98)99/h74-75,77-79H,2-73,76,80H2,1H3,(H,98,99). The van der Waals surface area contributed by atoms with Gasteiger partial charge in [0.2, 0.25) is 0 Å². The van der Waals surface area contributed by atoms with Crippen molar-refractivity contribution < 1.29 is 185 Å². The molecule has 3 aromatic rings. The van der Waals surface area contributed by atoms with Crippen molar-refractivity contribution in [2.24, 2.45) is 0 Å². The fourth-order valence-electron chi connectivity index (χ4n) is 10.4. The Hall–Kier alpha value is -1.83. The van der Waals surface area contributed by atoms with Crippen LogP contribution in [0.5, 0.6) is 17.2 Å². The molecule has 0 amide bonds. The summed E-state index contributed by atoms with van der Waals surface area (Å²) in [6.07, 6.45) is 2.80. The Morgan fingerprint density at radius 3 is 0.596 bits per heavy atom. The number of carboxylic acids is 1. The second-order valence-corrected chi connectivity index (χ2v) is 32.6. The number of aromatic nitrogens is 3. The predicted molar refractivity (Wildman–Crippen MR) is 528 cm³/mol. The van der Waals surface area contributed by atoms with Crippen LogP contribution in [0, 0.1) is 14.3 Å². The molecule has 0 spiro atoms. The third-order valence-electron chi connectivity index (χ3n) is 17.0. The van der Waals surface area contributed by atoms with Gasteiger partial charge in [0, 0.05) is 6.61 Å². The maximum atomic E-state index is 11.2. The zero-order valence-corrected chi connectivity index (χ0v) is 88.7. The number of carboxylic acid groups (broad SMARTS) is 1. The number of hydrogen-bond acceptors (Lipinski definition) is 40. The van der Waals surface area contributed by atoms with Gasteiger partial charge in [0.1, 0.15) is 23.8 Å². The Balaban J connectivity index is 0.848. The van der Waals surface area contributed by atoms with Crippen LogP contribution in [0.4, 0.5) is 0 Å². The summed E-state index contributed by atoms with van der Waals surface area (Å²) in [4.78, 5) is 11.2. The SMILES string of the molecule is CCCOCCOCCOCCOCCOCCOCCOCCOCCOCCOCCOCCOCCOCCOCCOCCOCCOCCOCCOCCOCCOCCOCCOCCOCCOCCOCCOCCOCCOCCOCCOCCOCCOCCOCCOCCn1cc(COc2c(I)cc(Oc3c(I)cc(CC(=O)O)cc3I)cc2I)nn1. The van der Waals surface area contributed by atoms with Crippen LogP contribution in [0.3, 0.4) is 0 Å². The van der Waals surface area contributed by atoms with Crippen molar-refractivity contribution in [1.82, 2.24) is 15.0 Å². The van der Waals surface area contributed by atoms with Crippen LogP contribution in [0.1, 0.15) is 24.6 Å². The van der Waals surface area contributed by atoms with Crippen molar-refractivity contribution in [3.05, 3.63) is 56.0 Å². The first-order valence-corrected chi connectivity index (χ1v) is 51.2. The summed E-state index contributed by atoms with van der Waals surface area (Å²) < 4.78 is 211. The Kier molecular flexibility index (Phi) is 98.6. The smallest absolute Gasteiger partial charge is 0.307 e. The first-order chi connectivity index (χ1) is 67.3. The second kappa shape index (κ2) is 105. The molecule has 0 saturated carbocycles. The summed E-state index contributed by atoms with van der Waals surface area (Å²) in [6.45, 7) is 36.8.